The van der Waals surface area contributed by atoms with Crippen LogP contribution in [-0.2, 0) is 25.1 Å². The van der Waals surface area contributed by atoms with Gasteiger partial charge >= 0.3 is 5.97 Å². The number of benzene rings is 1. The van der Waals surface area contributed by atoms with Crippen LogP contribution in [0.3, 0.4) is 0 Å². The molecule has 1 aliphatic carbocycles. The first-order chi connectivity index (χ1) is 16.2. The van der Waals surface area contributed by atoms with E-state index in [-0.39, 0.29) is 38.9 Å². The van der Waals surface area contributed by atoms with E-state index in [4.69, 9.17) is 25.8 Å². The van der Waals surface area contributed by atoms with Crippen LogP contribution in [0, 0.1) is 5.92 Å². The number of sulfone groups is 1. The summed E-state index contributed by atoms with van der Waals surface area (Å²) in [6.07, 6.45) is 2.02. The predicted octanol–water partition coefficient (Wildman–Crippen LogP) is 3.77. The van der Waals surface area contributed by atoms with Crippen molar-refractivity contribution >= 4 is 27.4 Å². The fourth-order valence-electron chi connectivity index (χ4n) is 4.50. The van der Waals surface area contributed by atoms with Crippen LogP contribution < -0.4 is 10.3 Å². The summed E-state index contributed by atoms with van der Waals surface area (Å²) in [7, 11) is -3.76. The van der Waals surface area contributed by atoms with Gasteiger partial charge in [0.1, 0.15) is 11.3 Å². The Morgan fingerprint density at radius 3 is 2.65 bits per heavy atom. The molecular formula is C24H26ClNO7S. The third-order valence-electron chi connectivity index (χ3n) is 6.26. The van der Waals surface area contributed by atoms with Gasteiger partial charge in [-0.2, -0.15) is 0 Å². The minimum absolute atomic E-state index is 0.0772. The van der Waals surface area contributed by atoms with E-state index in [1.165, 1.54) is 12.1 Å². The molecule has 1 saturated carbocycles. The molecule has 5 rings (SSSR count). The molecule has 10 heteroatoms. The van der Waals surface area contributed by atoms with Crippen LogP contribution in [0.25, 0.3) is 11.3 Å². The van der Waals surface area contributed by atoms with Crippen molar-refractivity contribution in [3.63, 3.8) is 0 Å². The number of esters is 1. The molecule has 0 amide bonds. The third-order valence-corrected chi connectivity index (χ3v) is 8.25. The van der Waals surface area contributed by atoms with Crippen LogP contribution in [0.5, 0.6) is 5.75 Å². The van der Waals surface area contributed by atoms with Crippen molar-refractivity contribution in [1.29, 1.82) is 0 Å². The maximum Gasteiger partial charge on any atom is 0.344 e. The highest BCUT2D eigenvalue weighted by atomic mass is 35.5. The molecule has 3 aliphatic rings. The Balaban J connectivity index is 1.63. The Morgan fingerprint density at radius 1 is 1.24 bits per heavy atom. The van der Waals surface area contributed by atoms with Crippen LogP contribution in [0.4, 0.5) is 0 Å². The van der Waals surface area contributed by atoms with Crippen LogP contribution >= 0.6 is 11.6 Å². The molecule has 182 valence electrons. The van der Waals surface area contributed by atoms with Gasteiger partial charge in [-0.15, -0.1) is 0 Å². The Kier molecular flexibility index (Phi) is 5.98. The summed E-state index contributed by atoms with van der Waals surface area (Å²) in [4.78, 5) is 26.1. The van der Waals surface area contributed by atoms with Crippen molar-refractivity contribution < 1.29 is 27.4 Å². The van der Waals surface area contributed by atoms with Gasteiger partial charge in [0, 0.05) is 30.2 Å². The summed E-state index contributed by atoms with van der Waals surface area (Å²) in [5.41, 5.74) is 0.617. The third kappa shape index (κ3) is 4.25. The summed E-state index contributed by atoms with van der Waals surface area (Å²) < 4.78 is 44.6. The Hall–Kier alpha value is -2.36. The Labute approximate surface area is 202 Å². The van der Waals surface area contributed by atoms with Crippen molar-refractivity contribution in [2.24, 2.45) is 5.92 Å². The standard InChI is InChI=1S/C24H26ClNO7S/c1-13(2)33-24(28)18-7-15-12-34(29,30)21-9-20(32-11-14-5-6-31-10-14)19(25)8-17(21)22(15)26(23(18)27)16-3-4-16/h7-9,13-14,16H,3-6,10-12H2,1-2H3/t14-/m0/s1. The minimum Gasteiger partial charge on any atom is -0.492 e. The number of carbonyl (C=O) groups excluding carboxylic acids is 1. The normalized spacial score (nSPS) is 20.6. The lowest BCUT2D eigenvalue weighted by Crippen LogP contribution is -2.32. The highest BCUT2D eigenvalue weighted by Crippen LogP contribution is 2.46. The number of rotatable bonds is 6. The van der Waals surface area contributed by atoms with Crippen LogP contribution in [-0.4, -0.2) is 44.9 Å². The topological polar surface area (TPSA) is 101 Å². The SMILES string of the molecule is CC(C)OC(=O)c1cc2c(n(C3CC3)c1=O)-c1cc(Cl)c(OC[C@H]3CCOC3)cc1S(=O)(=O)C2. The van der Waals surface area contributed by atoms with E-state index in [0.717, 1.165) is 19.3 Å². The van der Waals surface area contributed by atoms with E-state index >= 15 is 0 Å². The summed E-state index contributed by atoms with van der Waals surface area (Å²) in [6.45, 7) is 5.05. The van der Waals surface area contributed by atoms with E-state index in [1.54, 1.807) is 24.5 Å². The number of hydrogen-bond acceptors (Lipinski definition) is 7. The average molecular weight is 508 g/mol. The second-order valence-electron chi connectivity index (χ2n) is 9.37. The first-order valence-electron chi connectivity index (χ1n) is 11.4. The van der Waals surface area contributed by atoms with E-state index in [9.17, 15) is 18.0 Å². The molecule has 3 heterocycles. The number of hydrogen-bond donors (Lipinski definition) is 0. The van der Waals surface area contributed by atoms with Gasteiger partial charge in [-0.1, -0.05) is 11.6 Å². The molecule has 0 radical (unpaired) electrons. The molecule has 0 unspecified atom stereocenters. The number of fused-ring (bicyclic) bond motifs is 3. The van der Waals surface area contributed by atoms with Crippen molar-refractivity contribution in [2.45, 2.75) is 55.9 Å². The summed E-state index contributed by atoms with van der Waals surface area (Å²) >= 11 is 6.52. The number of aromatic nitrogens is 1. The second-order valence-corrected chi connectivity index (χ2v) is 11.7. The second kappa shape index (κ2) is 8.70. The fourth-order valence-corrected chi connectivity index (χ4v) is 6.28. The fraction of sp³-hybridized carbons (Fsp3) is 0.500. The number of carbonyl (C=O) groups is 1. The Bertz CT molecular complexity index is 1320. The quantitative estimate of drug-likeness (QED) is 0.548. The monoisotopic (exact) mass is 507 g/mol. The minimum atomic E-state index is -3.76. The number of nitrogens with zero attached hydrogens (tertiary/aromatic N) is 1. The molecule has 0 bridgehead atoms. The molecule has 0 spiro atoms. The van der Waals surface area contributed by atoms with Gasteiger partial charge in [0.2, 0.25) is 0 Å². The number of ether oxygens (including phenoxy) is 3. The largest absolute Gasteiger partial charge is 0.492 e. The first-order valence-corrected chi connectivity index (χ1v) is 13.5. The van der Waals surface area contributed by atoms with Gasteiger partial charge in [0.05, 0.1) is 40.7 Å². The lowest BCUT2D eigenvalue weighted by molar-refractivity contribution is 0.0375. The van der Waals surface area contributed by atoms with Gasteiger partial charge in [-0.3, -0.25) is 4.79 Å². The van der Waals surface area contributed by atoms with Crippen molar-refractivity contribution in [2.75, 3.05) is 19.8 Å². The maximum absolute atomic E-state index is 13.4. The van der Waals surface area contributed by atoms with Crippen LogP contribution in [0.2, 0.25) is 5.02 Å². The molecule has 2 fully saturated rings. The van der Waals surface area contributed by atoms with Crippen LogP contribution in [0.1, 0.15) is 55.1 Å². The van der Waals surface area contributed by atoms with Gasteiger partial charge in [0.15, 0.2) is 9.84 Å². The van der Waals surface area contributed by atoms with Crippen LogP contribution in [0.15, 0.2) is 27.9 Å². The van der Waals surface area contributed by atoms with Gasteiger partial charge in [-0.05, 0) is 50.8 Å². The first kappa shape index (κ1) is 23.4. The molecule has 34 heavy (non-hydrogen) atoms. The zero-order valence-electron chi connectivity index (χ0n) is 19.0. The molecule has 8 nitrogen and oxygen atoms in total. The summed E-state index contributed by atoms with van der Waals surface area (Å²) in [6, 6.07) is 4.27. The Morgan fingerprint density at radius 2 is 2.00 bits per heavy atom. The average Bonchev–Trinajstić information content (AvgIpc) is 3.46. The lowest BCUT2D eigenvalue weighted by Gasteiger charge is -2.26. The highest BCUT2D eigenvalue weighted by molar-refractivity contribution is 7.90. The van der Waals surface area contributed by atoms with E-state index in [0.29, 0.717) is 36.6 Å². The zero-order chi connectivity index (χ0) is 24.2. The van der Waals surface area contributed by atoms with Crippen molar-refractivity contribution in [3.05, 3.63) is 44.7 Å². The molecule has 1 saturated heterocycles. The zero-order valence-corrected chi connectivity index (χ0v) is 20.6. The van der Waals surface area contributed by atoms with Crippen molar-refractivity contribution in [3.8, 4) is 17.0 Å². The highest BCUT2D eigenvalue weighted by Gasteiger charge is 2.38. The summed E-state index contributed by atoms with van der Waals surface area (Å²) in [5, 5.41) is 0.263. The van der Waals surface area contributed by atoms with E-state index in [2.05, 4.69) is 0 Å². The van der Waals surface area contributed by atoms with Gasteiger partial charge < -0.3 is 18.8 Å². The lowest BCUT2D eigenvalue weighted by atomic mass is 10.0. The molecule has 0 N–H and O–H groups in total. The van der Waals surface area contributed by atoms with Gasteiger partial charge in [0.25, 0.3) is 5.56 Å². The molecule has 1 aromatic carbocycles. The predicted molar refractivity (Wildman–Crippen MR) is 125 cm³/mol. The number of pyridine rings is 1. The molecule has 2 aliphatic heterocycles. The summed E-state index contributed by atoms with van der Waals surface area (Å²) in [5.74, 6) is -0.565. The van der Waals surface area contributed by atoms with E-state index in [1.807, 2.05) is 0 Å². The maximum atomic E-state index is 13.4. The molecule has 2 aromatic rings. The van der Waals surface area contributed by atoms with Gasteiger partial charge in [-0.25, -0.2) is 13.2 Å². The molecular weight excluding hydrogens is 482 g/mol. The van der Waals surface area contributed by atoms with E-state index < -0.39 is 27.5 Å². The molecule has 1 atom stereocenters. The molecule has 1 aromatic heterocycles. The van der Waals surface area contributed by atoms with Crippen molar-refractivity contribution in [1.82, 2.24) is 4.57 Å². The smallest absolute Gasteiger partial charge is 0.344 e. The number of halogens is 1.